The number of benzene rings is 1. The lowest BCUT2D eigenvalue weighted by molar-refractivity contribution is -0.128. The van der Waals surface area contributed by atoms with Gasteiger partial charge in [0, 0.05) is 6.04 Å². The van der Waals surface area contributed by atoms with Crippen LogP contribution in [0.5, 0.6) is 5.75 Å². The van der Waals surface area contributed by atoms with E-state index in [-0.39, 0.29) is 28.8 Å². The Balaban J connectivity index is 2.13. The number of hydrogen-bond donors (Lipinski definition) is 1. The van der Waals surface area contributed by atoms with E-state index in [0.717, 1.165) is 12.8 Å². The Hall–Kier alpha value is -2.57. The molecule has 0 aromatic heterocycles. The van der Waals surface area contributed by atoms with Gasteiger partial charge in [-0.15, -0.1) is 0 Å². The lowest BCUT2D eigenvalue weighted by Crippen LogP contribution is -2.48. The molecule has 0 spiro atoms. The van der Waals surface area contributed by atoms with E-state index >= 15 is 0 Å². The van der Waals surface area contributed by atoms with Crippen molar-refractivity contribution in [1.82, 2.24) is 5.32 Å². The first-order chi connectivity index (χ1) is 13.3. The molecule has 0 aliphatic heterocycles. The smallest absolute Gasteiger partial charge is 0.338 e. The van der Waals surface area contributed by atoms with Gasteiger partial charge in [-0.2, -0.15) is 0 Å². The molecule has 28 heavy (non-hydrogen) atoms. The Bertz CT molecular complexity index is 697. The zero-order valence-electron chi connectivity index (χ0n) is 17.1. The van der Waals surface area contributed by atoms with E-state index in [2.05, 4.69) is 19.2 Å². The molecule has 0 saturated heterocycles. The van der Waals surface area contributed by atoms with E-state index in [1.807, 2.05) is 0 Å². The van der Waals surface area contributed by atoms with Crippen LogP contribution in [0.1, 0.15) is 60.7 Å². The van der Waals surface area contributed by atoms with Gasteiger partial charge in [-0.25, -0.2) is 9.59 Å². The molecule has 7 heteroatoms. The fraction of sp³-hybridized carbons (Fsp3) is 0.571. The number of carbonyl (C=O) groups excluding carboxylic acids is 3. The van der Waals surface area contributed by atoms with Crippen LogP contribution < -0.4 is 10.1 Å². The SMILES string of the molecule is COC(=O)c1cc(O[C@H](C)C(=O)N[C@@H]2CCC[C@H](C)[C@H]2C)cc(C(=O)OC)c1. The van der Waals surface area contributed by atoms with Gasteiger partial charge in [0.25, 0.3) is 5.91 Å². The van der Waals surface area contributed by atoms with Crippen molar-refractivity contribution in [1.29, 1.82) is 0 Å². The fourth-order valence-electron chi connectivity index (χ4n) is 3.48. The summed E-state index contributed by atoms with van der Waals surface area (Å²) in [6, 6.07) is 4.36. The van der Waals surface area contributed by atoms with Crippen LogP contribution in [-0.4, -0.2) is 44.2 Å². The highest BCUT2D eigenvalue weighted by Crippen LogP contribution is 2.29. The van der Waals surface area contributed by atoms with Gasteiger partial charge in [-0.1, -0.05) is 26.7 Å². The Morgan fingerprint density at radius 1 is 1.00 bits per heavy atom. The Morgan fingerprint density at radius 3 is 2.11 bits per heavy atom. The molecule has 0 heterocycles. The largest absolute Gasteiger partial charge is 0.481 e. The Morgan fingerprint density at radius 2 is 1.57 bits per heavy atom. The monoisotopic (exact) mass is 391 g/mol. The predicted octanol–water partition coefficient (Wildman–Crippen LogP) is 2.97. The van der Waals surface area contributed by atoms with Crippen molar-refractivity contribution in [2.45, 2.75) is 52.2 Å². The number of carbonyl (C=O) groups is 3. The maximum atomic E-state index is 12.6. The standard InChI is InChI=1S/C21H29NO6/c1-12-7-6-8-18(13(12)2)22-19(23)14(3)28-17-10-15(20(24)26-4)9-16(11-17)21(25)27-5/h9-14,18H,6-8H2,1-5H3,(H,22,23)/t12-,13+,14+,18+/m0/s1. The third kappa shape index (κ3) is 5.24. The van der Waals surface area contributed by atoms with Crippen LogP contribution in [0.2, 0.25) is 0 Å². The summed E-state index contributed by atoms with van der Waals surface area (Å²) in [4.78, 5) is 36.3. The van der Waals surface area contributed by atoms with E-state index in [4.69, 9.17) is 14.2 Å². The summed E-state index contributed by atoms with van der Waals surface area (Å²) in [5, 5.41) is 3.07. The molecule has 1 aliphatic rings. The van der Waals surface area contributed by atoms with Crippen LogP contribution >= 0.6 is 0 Å². The van der Waals surface area contributed by atoms with Gasteiger partial charge in [0.05, 0.1) is 25.3 Å². The summed E-state index contributed by atoms with van der Waals surface area (Å²) in [6.07, 6.45) is 2.43. The molecule has 1 aliphatic carbocycles. The minimum Gasteiger partial charge on any atom is -0.481 e. The first-order valence-corrected chi connectivity index (χ1v) is 9.55. The third-order valence-corrected chi connectivity index (χ3v) is 5.47. The van der Waals surface area contributed by atoms with Crippen molar-refractivity contribution >= 4 is 17.8 Å². The second-order valence-electron chi connectivity index (χ2n) is 7.37. The molecule has 4 atom stereocenters. The second kappa shape index (κ2) is 9.57. The minimum absolute atomic E-state index is 0.120. The molecule has 1 aromatic rings. The first kappa shape index (κ1) is 21.7. The third-order valence-electron chi connectivity index (χ3n) is 5.47. The molecular weight excluding hydrogens is 362 g/mol. The van der Waals surface area contributed by atoms with Crippen molar-refractivity contribution in [3.8, 4) is 5.75 Å². The Labute approximate surface area is 165 Å². The maximum Gasteiger partial charge on any atom is 0.338 e. The number of hydrogen-bond acceptors (Lipinski definition) is 6. The molecule has 2 rings (SSSR count). The molecule has 1 amide bonds. The number of rotatable bonds is 6. The van der Waals surface area contributed by atoms with Crippen LogP contribution in [0, 0.1) is 11.8 Å². The summed E-state index contributed by atoms with van der Waals surface area (Å²) in [7, 11) is 2.49. The topological polar surface area (TPSA) is 90.9 Å². The van der Waals surface area contributed by atoms with Crippen LogP contribution in [0.25, 0.3) is 0 Å². The molecule has 1 saturated carbocycles. The van der Waals surface area contributed by atoms with Crippen molar-refractivity contribution < 1.29 is 28.6 Å². The van der Waals surface area contributed by atoms with Crippen molar-refractivity contribution in [2.24, 2.45) is 11.8 Å². The van der Waals surface area contributed by atoms with Crippen molar-refractivity contribution in [3.05, 3.63) is 29.3 Å². The quantitative estimate of drug-likeness (QED) is 0.750. The summed E-state index contributed by atoms with van der Waals surface area (Å²) < 4.78 is 15.1. The van der Waals surface area contributed by atoms with Crippen molar-refractivity contribution in [3.63, 3.8) is 0 Å². The van der Waals surface area contributed by atoms with E-state index in [1.165, 1.54) is 38.8 Å². The number of methoxy groups -OCH3 is 2. The highest BCUT2D eigenvalue weighted by Gasteiger charge is 2.29. The van der Waals surface area contributed by atoms with E-state index in [9.17, 15) is 14.4 Å². The number of ether oxygens (including phenoxy) is 3. The minimum atomic E-state index is -0.789. The molecule has 1 fully saturated rings. The number of amides is 1. The molecule has 1 N–H and O–H groups in total. The highest BCUT2D eigenvalue weighted by molar-refractivity contribution is 5.96. The van der Waals surface area contributed by atoms with Gasteiger partial charge < -0.3 is 19.5 Å². The molecule has 0 bridgehead atoms. The second-order valence-corrected chi connectivity index (χ2v) is 7.37. The van der Waals surface area contributed by atoms with Gasteiger partial charge in [0.15, 0.2) is 6.10 Å². The predicted molar refractivity (Wildman–Crippen MR) is 103 cm³/mol. The fourth-order valence-corrected chi connectivity index (χ4v) is 3.48. The summed E-state index contributed by atoms with van der Waals surface area (Å²) in [6.45, 7) is 5.99. The van der Waals surface area contributed by atoms with Gasteiger partial charge in [0.2, 0.25) is 0 Å². The first-order valence-electron chi connectivity index (χ1n) is 9.55. The molecule has 7 nitrogen and oxygen atoms in total. The highest BCUT2D eigenvalue weighted by atomic mass is 16.5. The lowest BCUT2D eigenvalue weighted by Gasteiger charge is -2.35. The van der Waals surface area contributed by atoms with Gasteiger partial charge in [-0.05, 0) is 43.4 Å². The summed E-state index contributed by atoms with van der Waals surface area (Å²) >= 11 is 0. The normalized spacial score (nSPS) is 22.7. The molecule has 0 radical (unpaired) electrons. The van der Waals surface area contributed by atoms with E-state index in [1.54, 1.807) is 6.92 Å². The number of nitrogens with one attached hydrogen (secondary N) is 1. The number of esters is 2. The average molecular weight is 391 g/mol. The van der Waals surface area contributed by atoms with Crippen LogP contribution in [0.3, 0.4) is 0 Å². The molecule has 154 valence electrons. The van der Waals surface area contributed by atoms with Gasteiger partial charge in [-0.3, -0.25) is 4.79 Å². The molecular formula is C21H29NO6. The van der Waals surface area contributed by atoms with Crippen molar-refractivity contribution in [2.75, 3.05) is 14.2 Å². The van der Waals surface area contributed by atoms with Crippen LogP contribution in [0.15, 0.2) is 18.2 Å². The van der Waals surface area contributed by atoms with Crippen LogP contribution in [0.4, 0.5) is 0 Å². The zero-order valence-corrected chi connectivity index (χ0v) is 17.1. The van der Waals surface area contributed by atoms with E-state index in [0.29, 0.717) is 11.8 Å². The zero-order chi connectivity index (χ0) is 20.8. The molecule has 0 unspecified atom stereocenters. The molecule has 1 aromatic carbocycles. The van der Waals surface area contributed by atoms with Crippen LogP contribution in [-0.2, 0) is 14.3 Å². The maximum absolute atomic E-state index is 12.6. The average Bonchev–Trinajstić information content (AvgIpc) is 2.69. The Kier molecular flexibility index (Phi) is 7.43. The van der Waals surface area contributed by atoms with E-state index < -0.39 is 18.0 Å². The summed E-state index contributed by atoms with van der Waals surface area (Å²) in [5.74, 6) is -0.270. The lowest BCUT2D eigenvalue weighted by atomic mass is 9.78. The summed E-state index contributed by atoms with van der Waals surface area (Å²) in [5.41, 5.74) is 0.283. The van der Waals surface area contributed by atoms with Gasteiger partial charge in [0.1, 0.15) is 5.75 Å². The van der Waals surface area contributed by atoms with Gasteiger partial charge >= 0.3 is 11.9 Å².